The normalized spacial score (nSPS) is 16.7. The van der Waals surface area contributed by atoms with Gasteiger partial charge in [0.05, 0.1) is 11.7 Å². The lowest BCUT2D eigenvalue weighted by Crippen LogP contribution is -2.47. The molecule has 3 heterocycles. The van der Waals surface area contributed by atoms with Crippen LogP contribution in [0, 0.1) is 0 Å². The molecule has 0 atom stereocenters. The van der Waals surface area contributed by atoms with Crippen molar-refractivity contribution in [3.05, 3.63) is 36.8 Å². The molecule has 4 rings (SSSR count). The topological polar surface area (TPSA) is 73.0 Å². The van der Waals surface area contributed by atoms with Gasteiger partial charge in [0.15, 0.2) is 0 Å². The van der Waals surface area contributed by atoms with Gasteiger partial charge in [-0.25, -0.2) is 15.0 Å². The van der Waals surface area contributed by atoms with Gasteiger partial charge in [0, 0.05) is 49.5 Å². The summed E-state index contributed by atoms with van der Waals surface area (Å²) in [6, 6.07) is 6.16. The molecule has 0 radical (unpaired) electrons. The summed E-state index contributed by atoms with van der Waals surface area (Å²) in [7, 11) is 2.14. The fourth-order valence-electron chi connectivity index (χ4n) is 2.74. The van der Waals surface area contributed by atoms with Crippen LogP contribution in [0.15, 0.2) is 36.8 Å². The number of piperazine rings is 1. The summed E-state index contributed by atoms with van der Waals surface area (Å²) >= 11 is 0. The molecule has 1 fully saturated rings. The Hall–Kier alpha value is -2.51. The van der Waals surface area contributed by atoms with E-state index in [0.717, 1.165) is 48.2 Å². The SMILES string of the molecule is CN1CCN(Nc2ncc3cc(-c4cn[nH]c4)ccc3n2)CC1. The molecule has 23 heavy (non-hydrogen) atoms. The lowest BCUT2D eigenvalue weighted by molar-refractivity contribution is 0.178. The Bertz CT molecular complexity index is 791. The molecule has 0 aliphatic carbocycles. The number of hydrogen-bond donors (Lipinski definition) is 2. The second kappa shape index (κ2) is 5.94. The van der Waals surface area contributed by atoms with E-state index < -0.39 is 0 Å². The molecule has 1 aliphatic heterocycles. The molecule has 1 saturated heterocycles. The molecular formula is C16H19N7. The standard InChI is InChI=1S/C16H19N7/c1-22-4-6-23(7-5-22)21-16-17-9-13-8-12(2-3-15(13)20-16)14-10-18-19-11-14/h2-3,8-11H,4-7H2,1H3,(H,18,19)(H,17,20,21). The predicted molar refractivity (Wildman–Crippen MR) is 89.8 cm³/mol. The Morgan fingerprint density at radius 1 is 1.09 bits per heavy atom. The van der Waals surface area contributed by atoms with Crippen LogP contribution in [-0.2, 0) is 0 Å². The van der Waals surface area contributed by atoms with Crippen molar-refractivity contribution in [2.75, 3.05) is 38.7 Å². The molecule has 118 valence electrons. The van der Waals surface area contributed by atoms with Gasteiger partial charge in [-0.2, -0.15) is 5.10 Å². The number of nitrogens with zero attached hydrogens (tertiary/aromatic N) is 5. The molecule has 2 N–H and O–H groups in total. The first kappa shape index (κ1) is 14.1. The van der Waals surface area contributed by atoms with Gasteiger partial charge < -0.3 is 4.90 Å². The molecule has 0 amide bonds. The van der Waals surface area contributed by atoms with Crippen molar-refractivity contribution in [2.45, 2.75) is 0 Å². The molecule has 7 nitrogen and oxygen atoms in total. The van der Waals surface area contributed by atoms with Gasteiger partial charge in [-0.05, 0) is 24.7 Å². The zero-order valence-corrected chi connectivity index (χ0v) is 13.0. The Morgan fingerprint density at radius 2 is 1.96 bits per heavy atom. The minimum Gasteiger partial charge on any atom is -0.304 e. The largest absolute Gasteiger partial charge is 0.304 e. The molecule has 0 saturated carbocycles. The molecule has 1 aliphatic rings. The number of rotatable bonds is 3. The lowest BCUT2D eigenvalue weighted by Gasteiger charge is -2.32. The summed E-state index contributed by atoms with van der Waals surface area (Å²) in [6.07, 6.45) is 5.56. The van der Waals surface area contributed by atoms with Gasteiger partial charge in [-0.3, -0.25) is 10.5 Å². The fourth-order valence-corrected chi connectivity index (χ4v) is 2.74. The van der Waals surface area contributed by atoms with Gasteiger partial charge in [0.25, 0.3) is 0 Å². The molecule has 0 bridgehead atoms. The first-order chi connectivity index (χ1) is 11.3. The Kier molecular flexibility index (Phi) is 3.64. The van der Waals surface area contributed by atoms with Crippen LogP contribution >= 0.6 is 0 Å². The van der Waals surface area contributed by atoms with Gasteiger partial charge in [0.1, 0.15) is 0 Å². The van der Waals surface area contributed by atoms with Crippen LogP contribution in [0.3, 0.4) is 0 Å². The van der Waals surface area contributed by atoms with Gasteiger partial charge >= 0.3 is 0 Å². The highest BCUT2D eigenvalue weighted by Gasteiger charge is 2.14. The first-order valence-electron chi connectivity index (χ1n) is 7.74. The number of aromatic amines is 1. The van der Waals surface area contributed by atoms with E-state index in [2.05, 4.69) is 54.7 Å². The van der Waals surface area contributed by atoms with Crippen LogP contribution < -0.4 is 5.43 Å². The molecule has 1 aromatic carbocycles. The van der Waals surface area contributed by atoms with Crippen LogP contribution in [0.5, 0.6) is 0 Å². The van der Waals surface area contributed by atoms with E-state index in [1.54, 1.807) is 0 Å². The van der Waals surface area contributed by atoms with E-state index in [1.807, 2.05) is 24.7 Å². The number of hydrazine groups is 1. The summed E-state index contributed by atoms with van der Waals surface area (Å²) in [6.45, 7) is 4.04. The summed E-state index contributed by atoms with van der Waals surface area (Å²) in [4.78, 5) is 11.4. The number of hydrogen-bond acceptors (Lipinski definition) is 6. The van der Waals surface area contributed by atoms with Crippen LogP contribution in [0.2, 0.25) is 0 Å². The molecule has 7 heteroatoms. The number of nitrogens with one attached hydrogen (secondary N) is 2. The van der Waals surface area contributed by atoms with E-state index >= 15 is 0 Å². The summed E-state index contributed by atoms with van der Waals surface area (Å²) in [5.41, 5.74) is 6.41. The van der Waals surface area contributed by atoms with E-state index in [9.17, 15) is 0 Å². The van der Waals surface area contributed by atoms with Crippen LogP contribution in [0.1, 0.15) is 0 Å². The minimum absolute atomic E-state index is 0.651. The summed E-state index contributed by atoms with van der Waals surface area (Å²) in [5, 5.41) is 10.0. The van der Waals surface area contributed by atoms with Crippen molar-refractivity contribution >= 4 is 16.9 Å². The monoisotopic (exact) mass is 309 g/mol. The maximum Gasteiger partial charge on any atom is 0.238 e. The van der Waals surface area contributed by atoms with Crippen molar-refractivity contribution in [1.82, 2.24) is 30.1 Å². The number of aromatic nitrogens is 4. The van der Waals surface area contributed by atoms with Crippen molar-refractivity contribution in [1.29, 1.82) is 0 Å². The predicted octanol–water partition coefficient (Wildman–Crippen LogP) is 1.59. The average molecular weight is 309 g/mol. The number of fused-ring (bicyclic) bond motifs is 1. The summed E-state index contributed by atoms with van der Waals surface area (Å²) in [5.74, 6) is 0.651. The van der Waals surface area contributed by atoms with Gasteiger partial charge in [-0.15, -0.1) is 0 Å². The average Bonchev–Trinajstić information content (AvgIpc) is 3.11. The highest BCUT2D eigenvalue weighted by molar-refractivity contribution is 5.84. The van der Waals surface area contributed by atoms with E-state index in [1.165, 1.54) is 0 Å². The second-order valence-electron chi connectivity index (χ2n) is 5.86. The Balaban J connectivity index is 1.55. The number of H-pyrrole nitrogens is 1. The van der Waals surface area contributed by atoms with Crippen LogP contribution in [0.4, 0.5) is 5.95 Å². The Labute approximate surface area is 134 Å². The fraction of sp³-hybridized carbons (Fsp3) is 0.312. The smallest absolute Gasteiger partial charge is 0.238 e. The third-order valence-corrected chi connectivity index (χ3v) is 4.17. The zero-order chi connectivity index (χ0) is 15.6. The summed E-state index contributed by atoms with van der Waals surface area (Å²) < 4.78 is 0. The lowest BCUT2D eigenvalue weighted by atomic mass is 10.1. The van der Waals surface area contributed by atoms with Crippen LogP contribution in [-0.4, -0.2) is 63.3 Å². The first-order valence-corrected chi connectivity index (χ1v) is 7.74. The molecule has 0 unspecified atom stereocenters. The van der Waals surface area contributed by atoms with Gasteiger partial charge in [-0.1, -0.05) is 6.07 Å². The van der Waals surface area contributed by atoms with E-state index in [4.69, 9.17) is 0 Å². The highest BCUT2D eigenvalue weighted by Crippen LogP contribution is 2.23. The molecule has 3 aromatic rings. The van der Waals surface area contributed by atoms with Crippen LogP contribution in [0.25, 0.3) is 22.0 Å². The zero-order valence-electron chi connectivity index (χ0n) is 13.0. The molecular weight excluding hydrogens is 290 g/mol. The van der Waals surface area contributed by atoms with Crippen molar-refractivity contribution in [2.24, 2.45) is 0 Å². The molecule has 0 spiro atoms. The van der Waals surface area contributed by atoms with Crippen molar-refractivity contribution in [3.63, 3.8) is 0 Å². The highest BCUT2D eigenvalue weighted by atomic mass is 15.5. The van der Waals surface area contributed by atoms with Gasteiger partial charge in [0.2, 0.25) is 5.95 Å². The quantitative estimate of drug-likeness (QED) is 0.765. The van der Waals surface area contributed by atoms with Crippen molar-refractivity contribution in [3.8, 4) is 11.1 Å². The molecule has 2 aromatic heterocycles. The third kappa shape index (κ3) is 3.01. The number of likely N-dealkylation sites (N-methyl/N-ethyl adjacent to an activating group) is 1. The minimum atomic E-state index is 0.651. The maximum absolute atomic E-state index is 4.61. The van der Waals surface area contributed by atoms with E-state index in [0.29, 0.717) is 5.95 Å². The number of benzene rings is 1. The van der Waals surface area contributed by atoms with Crippen molar-refractivity contribution < 1.29 is 0 Å². The second-order valence-corrected chi connectivity index (χ2v) is 5.86. The number of anilines is 1. The van der Waals surface area contributed by atoms with E-state index in [-0.39, 0.29) is 0 Å². The third-order valence-electron chi connectivity index (χ3n) is 4.17. The maximum atomic E-state index is 4.61. The Morgan fingerprint density at radius 3 is 2.74 bits per heavy atom.